The molecule has 2 atom stereocenters. The van der Waals surface area contributed by atoms with Crippen LogP contribution in [0.1, 0.15) is 64.2 Å². The van der Waals surface area contributed by atoms with E-state index >= 15 is 8.78 Å². The van der Waals surface area contributed by atoms with E-state index in [0.717, 1.165) is 51.4 Å². The third-order valence-electron chi connectivity index (χ3n) is 10.7. The fourth-order valence-corrected chi connectivity index (χ4v) is 7.54. The molecule has 0 aromatic heterocycles. The summed E-state index contributed by atoms with van der Waals surface area (Å²) in [6, 6.07) is 8.59. The van der Waals surface area contributed by atoms with E-state index < -0.39 is 35.9 Å². The molecule has 56 heavy (non-hydrogen) atoms. The summed E-state index contributed by atoms with van der Waals surface area (Å²) >= 11 is 0. The van der Waals surface area contributed by atoms with Gasteiger partial charge in [0.05, 0.1) is 61.3 Å². The van der Waals surface area contributed by atoms with Crippen molar-refractivity contribution in [3.63, 3.8) is 0 Å². The number of rotatable bonds is 19. The van der Waals surface area contributed by atoms with Gasteiger partial charge in [-0.05, 0) is 49.2 Å². The second-order valence-corrected chi connectivity index (χ2v) is 14.6. The molecule has 0 bridgehead atoms. The molecule has 0 aliphatic carbocycles. The number of halogens is 2. The highest BCUT2D eigenvalue weighted by Gasteiger charge is 2.36. The van der Waals surface area contributed by atoms with Crippen molar-refractivity contribution >= 4 is 46.8 Å². The molecule has 2 unspecified atom stereocenters. The molecule has 16 heteroatoms. The topological polar surface area (TPSA) is 142 Å². The monoisotopic (exact) mass is 784 g/mol. The predicted molar refractivity (Wildman–Crippen MR) is 206 cm³/mol. The Labute approximate surface area is 326 Å². The molecular weight excluding hydrogens is 730 g/mol. The highest BCUT2D eigenvalue weighted by atomic mass is 19.1. The molecule has 0 saturated carbocycles. The first-order chi connectivity index (χ1) is 27.3. The van der Waals surface area contributed by atoms with Gasteiger partial charge in [-0.1, -0.05) is 38.5 Å². The molecule has 0 radical (unpaired) electrons. The normalized spacial score (nSPS) is 20.0. The van der Waals surface area contributed by atoms with Gasteiger partial charge in [-0.3, -0.25) is 19.4 Å². The van der Waals surface area contributed by atoms with Gasteiger partial charge in [-0.25, -0.2) is 18.4 Å². The van der Waals surface area contributed by atoms with Crippen molar-refractivity contribution < 1.29 is 46.9 Å². The summed E-state index contributed by atoms with van der Waals surface area (Å²) in [7, 11) is 0. The smallest absolute Gasteiger partial charge is 0.414 e. The standard InChI is InChI=1S/C40H54F2N6O8/c41-33-23-29(11-13-35(33)45-15-19-53-20-16-45)47-31(27-55-39(47)51)25-43-37(49)9-7-5-3-1-2-4-6-8-10-38(50)44-26-32-28-56-40(52)48(32)30-12-14-36(34(42)24-30)46-17-21-54-22-18-46/h11-14,23-24,31-32H,1-10,15-22,25-28H2,(H,43,49)(H,44,50). The number of anilines is 4. The molecular formula is C40H54F2N6O8. The number of hydrogen-bond acceptors (Lipinski definition) is 10. The van der Waals surface area contributed by atoms with E-state index in [2.05, 4.69) is 10.6 Å². The summed E-state index contributed by atoms with van der Waals surface area (Å²) < 4.78 is 51.2. The third kappa shape index (κ3) is 11.0. The maximum Gasteiger partial charge on any atom is 0.414 e. The number of ether oxygens (including phenoxy) is 4. The lowest BCUT2D eigenvalue weighted by Gasteiger charge is -2.30. The molecule has 0 spiro atoms. The minimum atomic E-state index is -0.562. The first kappa shape index (κ1) is 40.9. The fraction of sp³-hybridized carbons (Fsp3) is 0.600. The van der Waals surface area contributed by atoms with Crippen molar-refractivity contribution in [1.82, 2.24) is 10.6 Å². The number of unbranched alkanes of at least 4 members (excludes halogenated alkanes) is 7. The summed E-state index contributed by atoms with van der Waals surface area (Å²) in [6.45, 7) is 5.22. The zero-order chi connectivity index (χ0) is 39.3. The lowest BCUT2D eigenvalue weighted by Crippen LogP contribution is -2.43. The first-order valence-corrected chi connectivity index (χ1v) is 20.0. The van der Waals surface area contributed by atoms with Crippen LogP contribution in [-0.4, -0.2) is 115 Å². The summed E-state index contributed by atoms with van der Waals surface area (Å²) in [5.41, 5.74) is 1.73. The van der Waals surface area contributed by atoms with Crippen molar-refractivity contribution in [1.29, 1.82) is 0 Å². The number of hydrogen-bond donors (Lipinski definition) is 2. The van der Waals surface area contributed by atoms with E-state index in [9.17, 15) is 19.2 Å². The fourth-order valence-electron chi connectivity index (χ4n) is 7.54. The molecule has 4 aliphatic heterocycles. The number of carbonyl (C=O) groups is 4. The zero-order valence-corrected chi connectivity index (χ0v) is 32.0. The summed E-state index contributed by atoms with van der Waals surface area (Å²) in [5, 5.41) is 5.81. The number of carbonyl (C=O) groups excluding carboxylic acids is 4. The quantitative estimate of drug-likeness (QED) is 0.185. The van der Waals surface area contributed by atoms with Gasteiger partial charge in [0.1, 0.15) is 24.8 Å². The van der Waals surface area contributed by atoms with Crippen molar-refractivity contribution in [2.75, 3.05) is 98.5 Å². The van der Waals surface area contributed by atoms with E-state index in [1.54, 1.807) is 24.3 Å². The molecule has 306 valence electrons. The number of morpholine rings is 2. The molecule has 2 aromatic rings. The van der Waals surface area contributed by atoms with Gasteiger partial charge in [0.2, 0.25) is 11.8 Å². The van der Waals surface area contributed by atoms with E-state index in [1.165, 1.54) is 21.9 Å². The van der Waals surface area contributed by atoms with E-state index in [1.807, 2.05) is 9.80 Å². The summed E-state index contributed by atoms with van der Waals surface area (Å²) in [4.78, 5) is 56.7. The third-order valence-corrected chi connectivity index (χ3v) is 10.7. The van der Waals surface area contributed by atoms with Crippen LogP contribution >= 0.6 is 0 Å². The lowest BCUT2D eigenvalue weighted by molar-refractivity contribution is -0.122. The molecule has 4 fully saturated rings. The van der Waals surface area contributed by atoms with Gasteiger partial charge in [-0.15, -0.1) is 0 Å². The van der Waals surface area contributed by atoms with Gasteiger partial charge in [0.25, 0.3) is 0 Å². The van der Waals surface area contributed by atoms with E-state index in [-0.39, 0.29) is 38.1 Å². The number of benzene rings is 2. The van der Waals surface area contributed by atoms with Crippen LogP contribution in [0.25, 0.3) is 0 Å². The van der Waals surface area contributed by atoms with Gasteiger partial charge in [-0.2, -0.15) is 0 Å². The van der Waals surface area contributed by atoms with Crippen LogP contribution in [0.3, 0.4) is 0 Å². The van der Waals surface area contributed by atoms with Gasteiger partial charge in [0.15, 0.2) is 0 Å². The maximum atomic E-state index is 15.0. The van der Waals surface area contributed by atoms with Gasteiger partial charge in [0, 0.05) is 52.1 Å². The Morgan fingerprint density at radius 3 is 1.34 bits per heavy atom. The molecule has 2 N–H and O–H groups in total. The highest BCUT2D eigenvalue weighted by molar-refractivity contribution is 5.91. The Kier molecular flexibility index (Phi) is 15.0. The number of amides is 4. The maximum absolute atomic E-state index is 15.0. The van der Waals surface area contributed by atoms with Crippen molar-refractivity contribution in [2.45, 2.75) is 76.3 Å². The minimum Gasteiger partial charge on any atom is -0.447 e. The molecule has 4 aliphatic rings. The zero-order valence-electron chi connectivity index (χ0n) is 32.0. The van der Waals surface area contributed by atoms with E-state index in [0.29, 0.717) is 88.2 Å². The van der Waals surface area contributed by atoms with Gasteiger partial charge >= 0.3 is 12.2 Å². The molecule has 2 aromatic carbocycles. The van der Waals surface area contributed by atoms with Crippen LogP contribution < -0.4 is 30.2 Å². The lowest BCUT2D eigenvalue weighted by atomic mass is 10.1. The van der Waals surface area contributed by atoms with E-state index in [4.69, 9.17) is 18.9 Å². The number of nitrogens with zero attached hydrogens (tertiary/aromatic N) is 4. The van der Waals surface area contributed by atoms with Crippen LogP contribution in [0, 0.1) is 11.6 Å². The predicted octanol–water partition coefficient (Wildman–Crippen LogP) is 5.12. The largest absolute Gasteiger partial charge is 0.447 e. The van der Waals surface area contributed by atoms with Crippen LogP contribution in [0.2, 0.25) is 0 Å². The molecule has 4 amide bonds. The number of nitrogens with one attached hydrogen (secondary N) is 2. The summed E-state index contributed by atoms with van der Waals surface area (Å²) in [6.07, 6.45) is 7.13. The molecule has 4 saturated heterocycles. The Morgan fingerprint density at radius 2 is 0.964 bits per heavy atom. The first-order valence-electron chi connectivity index (χ1n) is 20.0. The Balaban J connectivity index is 0.792. The molecule has 4 heterocycles. The summed E-state index contributed by atoms with van der Waals surface area (Å²) in [5.74, 6) is -1.03. The second-order valence-electron chi connectivity index (χ2n) is 14.6. The Hall–Kier alpha value is -4.70. The van der Waals surface area contributed by atoms with Crippen LogP contribution in [0.15, 0.2) is 36.4 Å². The highest BCUT2D eigenvalue weighted by Crippen LogP contribution is 2.31. The molecule has 6 rings (SSSR count). The minimum absolute atomic E-state index is 0.0942. The van der Waals surface area contributed by atoms with Crippen LogP contribution in [0.4, 0.5) is 41.1 Å². The Morgan fingerprint density at radius 1 is 0.589 bits per heavy atom. The SMILES string of the molecule is O=C(CCCCCCCCCCC(=O)NCC1COC(=O)N1c1ccc(N2CCOCC2)c(F)c1)NCC1COC(=O)N1c1ccc(N2CCOCC2)c(F)c1. The Bertz CT molecular complexity index is 1540. The average molecular weight is 785 g/mol. The average Bonchev–Trinajstić information content (AvgIpc) is 3.78. The van der Waals surface area contributed by atoms with Gasteiger partial charge < -0.3 is 39.4 Å². The molecule has 14 nitrogen and oxygen atoms in total. The van der Waals surface area contributed by atoms with Crippen molar-refractivity contribution in [2.24, 2.45) is 0 Å². The second kappa shape index (κ2) is 20.5. The number of cyclic esters (lactones) is 2. The van der Waals surface area contributed by atoms with Crippen molar-refractivity contribution in [3.8, 4) is 0 Å². The van der Waals surface area contributed by atoms with Crippen LogP contribution in [0.5, 0.6) is 0 Å². The van der Waals surface area contributed by atoms with Crippen molar-refractivity contribution in [3.05, 3.63) is 48.0 Å². The van der Waals surface area contributed by atoms with Crippen LogP contribution in [-0.2, 0) is 28.5 Å².